The van der Waals surface area contributed by atoms with Crippen molar-refractivity contribution in [3.05, 3.63) is 16.1 Å². The number of nitrogens with one attached hydrogen (secondary N) is 2. The fraction of sp³-hybridized carbons (Fsp3) is 0.667. The number of ether oxygens (including phenoxy) is 1. The molecule has 0 aliphatic carbocycles. The lowest BCUT2D eigenvalue weighted by molar-refractivity contribution is -0.120. The third-order valence-electron chi connectivity index (χ3n) is 2.44. The Hall–Kier alpha value is -0.980. The predicted octanol–water partition coefficient (Wildman–Crippen LogP) is 1.12. The molecule has 5 nitrogen and oxygen atoms in total. The van der Waals surface area contributed by atoms with Gasteiger partial charge in [0.05, 0.1) is 19.2 Å². The molecule has 0 aliphatic rings. The summed E-state index contributed by atoms with van der Waals surface area (Å²) in [5.74, 6) is -0.0214. The highest BCUT2D eigenvalue weighted by molar-refractivity contribution is 7.11. The van der Waals surface area contributed by atoms with Crippen molar-refractivity contribution in [3.63, 3.8) is 0 Å². The lowest BCUT2D eigenvalue weighted by Crippen LogP contribution is -2.36. The number of aryl methyl sites for hydroxylation is 1. The first kappa shape index (κ1) is 15.1. The molecule has 1 heterocycles. The van der Waals surface area contributed by atoms with Crippen LogP contribution in [0.25, 0.3) is 0 Å². The van der Waals surface area contributed by atoms with E-state index in [0.717, 1.165) is 11.4 Å². The van der Waals surface area contributed by atoms with Gasteiger partial charge in [-0.25, -0.2) is 4.98 Å². The zero-order valence-corrected chi connectivity index (χ0v) is 12.0. The van der Waals surface area contributed by atoms with Gasteiger partial charge in [-0.1, -0.05) is 6.92 Å². The molecule has 18 heavy (non-hydrogen) atoms. The van der Waals surface area contributed by atoms with Crippen molar-refractivity contribution in [3.8, 4) is 0 Å². The van der Waals surface area contributed by atoms with Crippen LogP contribution in [-0.2, 0) is 16.0 Å². The molecular weight excluding hydrogens is 250 g/mol. The van der Waals surface area contributed by atoms with Gasteiger partial charge in [-0.2, -0.15) is 0 Å². The van der Waals surface area contributed by atoms with E-state index in [-0.39, 0.29) is 11.9 Å². The lowest BCUT2D eigenvalue weighted by atomic mass is 10.3. The highest BCUT2D eigenvalue weighted by Gasteiger charge is 2.12. The smallest absolute Gasteiger partial charge is 0.234 e. The number of hydrogen-bond donors (Lipinski definition) is 2. The summed E-state index contributed by atoms with van der Waals surface area (Å²) in [7, 11) is 1.64. The molecule has 102 valence electrons. The monoisotopic (exact) mass is 271 g/mol. The van der Waals surface area contributed by atoms with E-state index in [9.17, 15) is 4.79 Å². The second-order valence-electron chi connectivity index (χ2n) is 3.98. The molecule has 1 aromatic heterocycles. The first-order valence-corrected chi connectivity index (χ1v) is 6.92. The summed E-state index contributed by atoms with van der Waals surface area (Å²) in [6.45, 7) is 5.63. The molecule has 1 amide bonds. The maximum absolute atomic E-state index is 11.6. The van der Waals surface area contributed by atoms with Gasteiger partial charge in [0.25, 0.3) is 0 Å². The van der Waals surface area contributed by atoms with Gasteiger partial charge in [0, 0.05) is 24.7 Å². The normalized spacial score (nSPS) is 12.4. The van der Waals surface area contributed by atoms with Gasteiger partial charge in [0.1, 0.15) is 5.01 Å². The number of thiazole rings is 1. The summed E-state index contributed by atoms with van der Waals surface area (Å²) in [6, 6.07) is -0.0352. The van der Waals surface area contributed by atoms with Crippen molar-refractivity contribution in [2.24, 2.45) is 0 Å². The average Bonchev–Trinajstić information content (AvgIpc) is 2.83. The maximum Gasteiger partial charge on any atom is 0.234 e. The number of rotatable bonds is 8. The second kappa shape index (κ2) is 8.18. The maximum atomic E-state index is 11.6. The van der Waals surface area contributed by atoms with Gasteiger partial charge in [0.15, 0.2) is 0 Å². The van der Waals surface area contributed by atoms with E-state index in [0.29, 0.717) is 19.7 Å². The SMILES string of the molecule is CCc1cnc(C(C)NC(=O)CNCCOC)s1. The molecule has 1 aromatic rings. The number of nitrogens with zero attached hydrogens (tertiary/aromatic N) is 1. The van der Waals surface area contributed by atoms with E-state index < -0.39 is 0 Å². The lowest BCUT2D eigenvalue weighted by Gasteiger charge is -2.11. The third-order valence-corrected chi connectivity index (χ3v) is 3.76. The van der Waals surface area contributed by atoms with Crippen LogP contribution in [0.5, 0.6) is 0 Å². The Morgan fingerprint density at radius 3 is 3.00 bits per heavy atom. The minimum absolute atomic E-state index is 0.0214. The van der Waals surface area contributed by atoms with Crippen molar-refractivity contribution in [2.75, 3.05) is 26.8 Å². The van der Waals surface area contributed by atoms with E-state index in [4.69, 9.17) is 4.74 Å². The Morgan fingerprint density at radius 2 is 2.39 bits per heavy atom. The molecule has 0 aromatic carbocycles. The van der Waals surface area contributed by atoms with Crippen LogP contribution < -0.4 is 10.6 Å². The highest BCUT2D eigenvalue weighted by Crippen LogP contribution is 2.19. The number of carbonyl (C=O) groups is 1. The molecule has 0 saturated heterocycles. The van der Waals surface area contributed by atoms with Crippen molar-refractivity contribution in [1.29, 1.82) is 0 Å². The van der Waals surface area contributed by atoms with Gasteiger partial charge in [0.2, 0.25) is 5.91 Å². The fourth-order valence-corrected chi connectivity index (χ4v) is 2.28. The first-order valence-electron chi connectivity index (χ1n) is 6.11. The van der Waals surface area contributed by atoms with Crippen LogP contribution in [0.4, 0.5) is 0 Å². The van der Waals surface area contributed by atoms with E-state index >= 15 is 0 Å². The summed E-state index contributed by atoms with van der Waals surface area (Å²) in [6.07, 6.45) is 2.86. The Labute approximate surface area is 112 Å². The van der Waals surface area contributed by atoms with Crippen LogP contribution in [0, 0.1) is 0 Å². The van der Waals surface area contributed by atoms with Crippen molar-refractivity contribution >= 4 is 17.2 Å². The average molecular weight is 271 g/mol. The van der Waals surface area contributed by atoms with Crippen LogP contribution in [-0.4, -0.2) is 37.7 Å². The van der Waals surface area contributed by atoms with Crippen LogP contribution in [0.2, 0.25) is 0 Å². The summed E-state index contributed by atoms with van der Waals surface area (Å²) >= 11 is 1.65. The third kappa shape index (κ3) is 5.12. The van der Waals surface area contributed by atoms with Gasteiger partial charge in [-0.15, -0.1) is 11.3 Å². The van der Waals surface area contributed by atoms with E-state index in [2.05, 4.69) is 22.5 Å². The molecule has 0 spiro atoms. The zero-order valence-electron chi connectivity index (χ0n) is 11.2. The minimum Gasteiger partial charge on any atom is -0.383 e. The number of methoxy groups -OCH3 is 1. The van der Waals surface area contributed by atoms with Gasteiger partial charge in [-0.05, 0) is 13.3 Å². The molecule has 0 radical (unpaired) electrons. The molecule has 1 rings (SSSR count). The summed E-state index contributed by atoms with van der Waals surface area (Å²) in [5.41, 5.74) is 0. The number of carbonyl (C=O) groups excluding carboxylic acids is 1. The molecular formula is C12H21N3O2S. The Morgan fingerprint density at radius 1 is 1.61 bits per heavy atom. The standard InChI is InChI=1S/C12H21N3O2S/c1-4-10-7-14-12(18-10)9(2)15-11(16)8-13-5-6-17-3/h7,9,13H,4-6,8H2,1-3H3,(H,15,16). The number of hydrogen-bond acceptors (Lipinski definition) is 5. The number of aromatic nitrogens is 1. The van der Waals surface area contributed by atoms with Crippen LogP contribution in [0.15, 0.2) is 6.20 Å². The molecule has 2 N–H and O–H groups in total. The zero-order chi connectivity index (χ0) is 13.4. The molecule has 0 bridgehead atoms. The topological polar surface area (TPSA) is 63.2 Å². The fourth-order valence-electron chi connectivity index (χ4n) is 1.42. The van der Waals surface area contributed by atoms with Crippen molar-refractivity contribution in [2.45, 2.75) is 26.3 Å². The number of amides is 1. The van der Waals surface area contributed by atoms with Crippen LogP contribution in [0.3, 0.4) is 0 Å². The first-order chi connectivity index (χ1) is 8.67. The molecule has 1 unspecified atom stereocenters. The van der Waals surface area contributed by atoms with Gasteiger partial charge < -0.3 is 15.4 Å². The van der Waals surface area contributed by atoms with Crippen molar-refractivity contribution in [1.82, 2.24) is 15.6 Å². The molecule has 0 fully saturated rings. The predicted molar refractivity (Wildman–Crippen MR) is 72.8 cm³/mol. The molecule has 1 atom stereocenters. The Kier molecular flexibility index (Phi) is 6.85. The molecule has 6 heteroatoms. The van der Waals surface area contributed by atoms with Gasteiger partial charge in [-0.3, -0.25) is 4.79 Å². The van der Waals surface area contributed by atoms with E-state index in [1.54, 1.807) is 18.4 Å². The largest absolute Gasteiger partial charge is 0.383 e. The Bertz CT molecular complexity index is 368. The highest BCUT2D eigenvalue weighted by atomic mass is 32.1. The minimum atomic E-state index is -0.0352. The second-order valence-corrected chi connectivity index (χ2v) is 5.12. The summed E-state index contributed by atoms with van der Waals surface area (Å²) < 4.78 is 4.89. The van der Waals surface area contributed by atoms with Gasteiger partial charge >= 0.3 is 0 Å². The summed E-state index contributed by atoms with van der Waals surface area (Å²) in [4.78, 5) is 17.2. The Balaban J connectivity index is 2.30. The van der Waals surface area contributed by atoms with Crippen LogP contribution >= 0.6 is 11.3 Å². The van der Waals surface area contributed by atoms with Crippen molar-refractivity contribution < 1.29 is 9.53 Å². The van der Waals surface area contributed by atoms with Crippen LogP contribution in [0.1, 0.15) is 29.8 Å². The molecule has 0 saturated carbocycles. The van der Waals surface area contributed by atoms with E-state index in [1.165, 1.54) is 4.88 Å². The van der Waals surface area contributed by atoms with E-state index in [1.807, 2.05) is 13.1 Å². The summed E-state index contributed by atoms with van der Waals surface area (Å²) in [5, 5.41) is 6.88. The molecule has 0 aliphatic heterocycles. The quantitative estimate of drug-likeness (QED) is 0.696.